The Morgan fingerprint density at radius 3 is 2.43 bits per heavy atom. The van der Waals surface area contributed by atoms with Crippen molar-refractivity contribution in [2.45, 2.75) is 32.4 Å². The molecule has 0 fully saturated rings. The SMILES string of the molecule is CCc1c[s+](Cc2ccc(Cl)cc2)c(NC(=O)[O-])c1CC. The van der Waals surface area contributed by atoms with Crippen molar-refractivity contribution in [1.29, 1.82) is 0 Å². The molecule has 0 saturated carbocycles. The molecule has 1 unspecified atom stereocenters. The van der Waals surface area contributed by atoms with Crippen LogP contribution in [0, 0.1) is 0 Å². The minimum atomic E-state index is -1.24. The van der Waals surface area contributed by atoms with E-state index in [0.29, 0.717) is 5.02 Å². The first-order valence-electron chi connectivity index (χ1n) is 6.91. The molecule has 3 nitrogen and oxygen atoms in total. The van der Waals surface area contributed by atoms with E-state index in [9.17, 15) is 9.90 Å². The van der Waals surface area contributed by atoms with E-state index in [1.165, 1.54) is 5.56 Å². The Balaban J connectivity index is 2.38. The van der Waals surface area contributed by atoms with Crippen LogP contribution in [-0.4, -0.2) is 6.09 Å². The summed E-state index contributed by atoms with van der Waals surface area (Å²) in [6, 6.07) is 7.68. The summed E-state index contributed by atoms with van der Waals surface area (Å²) in [5.74, 6) is 0.778. The average molecular weight is 324 g/mol. The van der Waals surface area contributed by atoms with Crippen molar-refractivity contribution in [1.82, 2.24) is 0 Å². The molecule has 5 heteroatoms. The average Bonchev–Trinajstić information content (AvgIpc) is 2.78. The molecule has 0 aliphatic rings. The maximum atomic E-state index is 11.0. The first-order chi connectivity index (χ1) is 10.0. The molecule has 1 amide bonds. The highest BCUT2D eigenvalue weighted by Crippen LogP contribution is 2.41. The third-order valence-electron chi connectivity index (χ3n) is 3.39. The van der Waals surface area contributed by atoms with Gasteiger partial charge >= 0.3 is 0 Å². The number of thiophene rings is 1. The Morgan fingerprint density at radius 2 is 1.90 bits per heavy atom. The molecular weight excluding hydrogens is 306 g/mol. The summed E-state index contributed by atoms with van der Waals surface area (Å²) in [6.07, 6.45) is 0.487. The van der Waals surface area contributed by atoms with Gasteiger partial charge in [-0.2, -0.15) is 0 Å². The van der Waals surface area contributed by atoms with Crippen molar-refractivity contribution < 1.29 is 9.90 Å². The van der Waals surface area contributed by atoms with Crippen LogP contribution < -0.4 is 10.4 Å². The number of carboxylic acid groups (broad SMARTS) is 1. The molecular formula is C16H18ClNO2S. The van der Waals surface area contributed by atoms with Crippen LogP contribution in [0.5, 0.6) is 0 Å². The van der Waals surface area contributed by atoms with Gasteiger partial charge in [-0.25, -0.2) is 0 Å². The molecule has 0 aliphatic carbocycles. The number of aryl methyl sites for hydroxylation is 1. The van der Waals surface area contributed by atoms with Gasteiger partial charge < -0.3 is 9.90 Å². The number of carbonyl (C=O) groups is 1. The first kappa shape index (κ1) is 15.9. The molecule has 1 atom stereocenters. The number of carbonyl (C=O) groups excluding carboxylic acids is 1. The van der Waals surface area contributed by atoms with Crippen molar-refractivity contribution >= 4 is 33.2 Å². The molecule has 21 heavy (non-hydrogen) atoms. The van der Waals surface area contributed by atoms with E-state index in [-0.39, 0.29) is 10.5 Å². The van der Waals surface area contributed by atoms with Crippen molar-refractivity contribution in [2.24, 2.45) is 0 Å². The summed E-state index contributed by atoms with van der Waals surface area (Å²) in [5.41, 5.74) is 3.49. The van der Waals surface area contributed by atoms with Crippen molar-refractivity contribution in [3.63, 3.8) is 0 Å². The van der Waals surface area contributed by atoms with Gasteiger partial charge in [-0.05, 0) is 25.0 Å². The topological polar surface area (TPSA) is 52.2 Å². The summed E-state index contributed by atoms with van der Waals surface area (Å²) in [4.78, 5) is 11.0. The van der Waals surface area contributed by atoms with E-state index >= 15 is 0 Å². The Labute approximate surface area is 132 Å². The Morgan fingerprint density at radius 1 is 1.24 bits per heavy atom. The fraction of sp³-hybridized carbons (Fsp3) is 0.312. The smallest absolute Gasteiger partial charge is 0.249 e. The number of rotatable bonds is 5. The maximum absolute atomic E-state index is 11.0. The number of benzene rings is 1. The lowest BCUT2D eigenvalue weighted by molar-refractivity contribution is -0.242. The van der Waals surface area contributed by atoms with Crippen LogP contribution in [0.15, 0.2) is 29.6 Å². The van der Waals surface area contributed by atoms with Gasteiger partial charge in [0.2, 0.25) is 5.00 Å². The number of hydrogen-bond acceptors (Lipinski definition) is 2. The first-order valence-corrected chi connectivity index (χ1v) is 8.75. The summed E-state index contributed by atoms with van der Waals surface area (Å²) in [6.45, 7) is 4.14. The van der Waals surface area contributed by atoms with Crippen LogP contribution in [0.25, 0.3) is 0 Å². The van der Waals surface area contributed by atoms with Crippen molar-refractivity contribution in [3.8, 4) is 0 Å². The molecule has 1 N–H and O–H groups in total. The zero-order valence-electron chi connectivity index (χ0n) is 12.1. The third kappa shape index (κ3) is 3.77. The summed E-state index contributed by atoms with van der Waals surface area (Å²) in [7, 11) is -0.261. The lowest BCUT2D eigenvalue weighted by Crippen LogP contribution is -2.29. The molecule has 0 saturated heterocycles. The van der Waals surface area contributed by atoms with Crippen LogP contribution in [-0.2, 0) is 18.6 Å². The number of nitrogens with one attached hydrogen (secondary N) is 1. The second kappa shape index (κ2) is 6.96. The molecule has 112 valence electrons. The summed E-state index contributed by atoms with van der Waals surface area (Å²) >= 11 is 5.90. The second-order valence-corrected chi connectivity index (χ2v) is 7.00. The number of anilines is 1. The summed E-state index contributed by atoms with van der Waals surface area (Å²) in [5, 5.41) is 17.2. The molecule has 2 rings (SSSR count). The lowest BCUT2D eigenvalue weighted by atomic mass is 10.1. The van der Waals surface area contributed by atoms with Crippen LogP contribution in [0.1, 0.15) is 30.5 Å². The van der Waals surface area contributed by atoms with Gasteiger partial charge in [0, 0.05) is 32.2 Å². The number of amides is 1. The molecule has 1 aromatic heterocycles. The van der Waals surface area contributed by atoms with Crippen molar-refractivity contribution in [2.75, 3.05) is 5.32 Å². The van der Waals surface area contributed by atoms with Crippen LogP contribution in [0.4, 0.5) is 9.80 Å². The highest BCUT2D eigenvalue weighted by Gasteiger charge is 2.23. The monoisotopic (exact) mass is 323 g/mol. The molecule has 2 aromatic rings. The van der Waals surface area contributed by atoms with Gasteiger partial charge in [0.15, 0.2) is 5.75 Å². The molecule has 0 aliphatic heterocycles. The van der Waals surface area contributed by atoms with Gasteiger partial charge in [-0.1, -0.05) is 37.6 Å². The fourth-order valence-corrected chi connectivity index (χ4v) is 4.88. The lowest BCUT2D eigenvalue weighted by Gasteiger charge is -2.05. The highest BCUT2D eigenvalue weighted by molar-refractivity contribution is 7.33. The Kier molecular flexibility index (Phi) is 5.26. The van der Waals surface area contributed by atoms with Gasteiger partial charge in [0.1, 0.15) is 11.5 Å². The van der Waals surface area contributed by atoms with E-state index in [1.807, 2.05) is 31.2 Å². The van der Waals surface area contributed by atoms with Crippen molar-refractivity contribution in [3.05, 3.63) is 51.4 Å². The predicted octanol–water partition coefficient (Wildman–Crippen LogP) is 4.02. The van der Waals surface area contributed by atoms with E-state index in [4.69, 9.17) is 11.6 Å². The minimum Gasteiger partial charge on any atom is -0.530 e. The van der Waals surface area contributed by atoms with Crippen LogP contribution in [0.3, 0.4) is 0 Å². The zero-order chi connectivity index (χ0) is 15.4. The normalized spacial score (nSPS) is 11.5. The van der Waals surface area contributed by atoms with Gasteiger partial charge in [0.05, 0.1) is 0 Å². The third-order valence-corrected chi connectivity index (χ3v) is 5.73. The fourth-order valence-electron chi connectivity index (χ4n) is 2.40. The number of halogens is 1. The number of hydrogen-bond donors (Lipinski definition) is 1. The van der Waals surface area contributed by atoms with Gasteiger partial charge in [0.25, 0.3) is 0 Å². The zero-order valence-corrected chi connectivity index (χ0v) is 13.7. The standard InChI is InChI=1S/C16H18ClNO2S/c1-3-12-10-21(9-11-5-7-13(17)8-6-11)15(14(12)4-2)18-16(19)20/h5-8,10,18H,3-4,9H2,1-2H3. The largest absolute Gasteiger partial charge is 0.530 e. The molecule has 0 radical (unpaired) electrons. The molecule has 0 spiro atoms. The second-order valence-electron chi connectivity index (χ2n) is 4.77. The van der Waals surface area contributed by atoms with Gasteiger partial charge in [-0.15, -0.1) is 0 Å². The Hall–Kier alpha value is -1.52. The molecule has 1 aromatic carbocycles. The van der Waals surface area contributed by atoms with E-state index in [1.54, 1.807) is 0 Å². The molecule has 1 heterocycles. The minimum absolute atomic E-state index is 0.261. The van der Waals surface area contributed by atoms with Crippen LogP contribution in [0.2, 0.25) is 5.02 Å². The van der Waals surface area contributed by atoms with E-state index < -0.39 is 6.09 Å². The van der Waals surface area contributed by atoms with Crippen LogP contribution >= 0.6 is 22.1 Å². The van der Waals surface area contributed by atoms with Gasteiger partial charge in [-0.3, -0.25) is 5.32 Å². The predicted molar refractivity (Wildman–Crippen MR) is 87.2 cm³/mol. The maximum Gasteiger partial charge on any atom is 0.249 e. The van der Waals surface area contributed by atoms with E-state index in [2.05, 4.69) is 17.6 Å². The van der Waals surface area contributed by atoms with E-state index in [0.717, 1.165) is 34.7 Å². The Bertz CT molecular complexity index is 634. The summed E-state index contributed by atoms with van der Waals surface area (Å²) < 4.78 is 0. The quantitative estimate of drug-likeness (QED) is 0.845. The molecule has 0 bridgehead atoms. The highest BCUT2D eigenvalue weighted by atomic mass is 35.5.